The first-order valence-electron chi connectivity index (χ1n) is 6.75. The monoisotopic (exact) mass is 269 g/mol. The second-order valence-electron chi connectivity index (χ2n) is 5.54. The van der Waals surface area contributed by atoms with E-state index in [1.165, 1.54) is 6.42 Å². The highest BCUT2D eigenvalue weighted by molar-refractivity contribution is 8.13. The molecule has 2 rings (SSSR count). The van der Waals surface area contributed by atoms with Gasteiger partial charge in [0.25, 0.3) is 0 Å². The van der Waals surface area contributed by atoms with Crippen LogP contribution in [0.4, 0.5) is 0 Å². The van der Waals surface area contributed by atoms with Crippen molar-refractivity contribution in [3.05, 3.63) is 0 Å². The fourth-order valence-corrected chi connectivity index (χ4v) is 3.61. The number of rotatable bonds is 2. The summed E-state index contributed by atoms with van der Waals surface area (Å²) in [6.45, 7) is 5.24. The summed E-state index contributed by atoms with van der Waals surface area (Å²) < 4.78 is 0. The Hall–Kier alpha value is -0.710. The lowest BCUT2D eigenvalue weighted by atomic mass is 9.96. The molecule has 0 radical (unpaired) electrons. The fourth-order valence-electron chi connectivity index (χ4n) is 2.33. The predicted octanol–water partition coefficient (Wildman–Crippen LogP) is 1.86. The Kier molecular flexibility index (Phi) is 4.20. The van der Waals surface area contributed by atoms with Gasteiger partial charge < -0.3 is 10.2 Å². The molecule has 1 N–H and O–H groups in total. The minimum atomic E-state index is 0.195. The first-order valence-corrected chi connectivity index (χ1v) is 7.74. The maximum Gasteiger partial charge on any atom is 0.222 e. The van der Waals surface area contributed by atoms with Crippen molar-refractivity contribution in [3.8, 4) is 0 Å². The van der Waals surface area contributed by atoms with Crippen LogP contribution in [0.15, 0.2) is 4.99 Å². The van der Waals surface area contributed by atoms with Crippen molar-refractivity contribution in [2.75, 3.05) is 19.3 Å². The van der Waals surface area contributed by atoms with Crippen LogP contribution in [0.5, 0.6) is 0 Å². The Bertz CT molecular complexity index is 358. The molecule has 102 valence electrons. The van der Waals surface area contributed by atoms with Gasteiger partial charge in [-0.05, 0) is 26.2 Å². The third kappa shape index (κ3) is 3.19. The zero-order valence-corrected chi connectivity index (χ0v) is 12.3. The number of aliphatic imine (C=N–C) groups is 1. The summed E-state index contributed by atoms with van der Waals surface area (Å²) in [7, 11) is 1.87. The van der Waals surface area contributed by atoms with Gasteiger partial charge >= 0.3 is 0 Å². The molecule has 0 aromatic carbocycles. The van der Waals surface area contributed by atoms with E-state index in [1.807, 2.05) is 18.8 Å². The average molecular weight is 269 g/mol. The summed E-state index contributed by atoms with van der Waals surface area (Å²) in [5.74, 6) is 1.38. The maximum absolute atomic E-state index is 11.4. The van der Waals surface area contributed by atoms with Crippen molar-refractivity contribution in [3.63, 3.8) is 0 Å². The van der Waals surface area contributed by atoms with Gasteiger partial charge in [0.1, 0.15) is 0 Å². The molecule has 5 heteroatoms. The van der Waals surface area contributed by atoms with Crippen LogP contribution in [0.2, 0.25) is 0 Å². The van der Waals surface area contributed by atoms with Crippen LogP contribution >= 0.6 is 11.8 Å². The van der Waals surface area contributed by atoms with Gasteiger partial charge in [-0.15, -0.1) is 0 Å². The van der Waals surface area contributed by atoms with Crippen molar-refractivity contribution < 1.29 is 4.79 Å². The Labute approximate surface area is 114 Å². The Balaban J connectivity index is 1.98. The van der Waals surface area contributed by atoms with Gasteiger partial charge in [0.05, 0.1) is 6.04 Å². The normalized spacial score (nSPS) is 35.7. The van der Waals surface area contributed by atoms with E-state index in [1.54, 1.807) is 4.90 Å². The molecular weight excluding hydrogens is 246 g/mol. The molecule has 0 aromatic heterocycles. The predicted molar refractivity (Wildman–Crippen MR) is 77.0 cm³/mol. The molecule has 0 bridgehead atoms. The zero-order chi connectivity index (χ0) is 13.2. The molecule has 2 saturated heterocycles. The zero-order valence-electron chi connectivity index (χ0n) is 11.5. The second kappa shape index (κ2) is 5.51. The molecule has 0 saturated carbocycles. The molecule has 2 aliphatic rings. The summed E-state index contributed by atoms with van der Waals surface area (Å²) >= 11 is 1.81. The first kappa shape index (κ1) is 13.7. The van der Waals surface area contributed by atoms with Gasteiger partial charge in [0.15, 0.2) is 5.17 Å². The van der Waals surface area contributed by atoms with Crippen molar-refractivity contribution in [1.82, 2.24) is 10.2 Å². The molecule has 0 aromatic rings. The number of amides is 1. The fraction of sp³-hybridized carbons (Fsp3) is 0.846. The average Bonchev–Trinajstić information content (AvgIpc) is 2.34. The molecule has 2 aliphatic heterocycles. The summed E-state index contributed by atoms with van der Waals surface area (Å²) in [5.41, 5.74) is 0.195. The van der Waals surface area contributed by atoms with E-state index in [4.69, 9.17) is 4.99 Å². The molecule has 18 heavy (non-hydrogen) atoms. The van der Waals surface area contributed by atoms with Crippen molar-refractivity contribution >= 4 is 22.8 Å². The molecule has 2 atom stereocenters. The van der Waals surface area contributed by atoms with Crippen LogP contribution < -0.4 is 5.32 Å². The van der Waals surface area contributed by atoms with E-state index >= 15 is 0 Å². The van der Waals surface area contributed by atoms with Crippen molar-refractivity contribution in [2.45, 2.75) is 51.1 Å². The number of likely N-dealkylation sites (tertiary alicyclic amines) is 1. The number of carbonyl (C=O) groups excluding carboxylic acids is 1. The second-order valence-corrected chi connectivity index (χ2v) is 6.62. The highest BCUT2D eigenvalue weighted by atomic mass is 32.2. The lowest BCUT2D eigenvalue weighted by molar-refractivity contribution is -0.132. The van der Waals surface area contributed by atoms with E-state index in [0.717, 1.165) is 30.3 Å². The van der Waals surface area contributed by atoms with Gasteiger partial charge in [0, 0.05) is 31.3 Å². The van der Waals surface area contributed by atoms with Gasteiger partial charge in [0.2, 0.25) is 5.91 Å². The van der Waals surface area contributed by atoms with Crippen LogP contribution in [-0.2, 0) is 4.79 Å². The number of nitrogens with one attached hydrogen (secondary N) is 1. The molecule has 1 amide bonds. The summed E-state index contributed by atoms with van der Waals surface area (Å²) in [6.07, 6.45) is 3.83. The molecule has 2 unspecified atom stereocenters. The van der Waals surface area contributed by atoms with Crippen LogP contribution in [0.25, 0.3) is 0 Å². The summed E-state index contributed by atoms with van der Waals surface area (Å²) in [4.78, 5) is 18.0. The number of hydrogen-bond acceptors (Lipinski definition) is 3. The highest BCUT2D eigenvalue weighted by Gasteiger charge is 2.29. The largest absolute Gasteiger partial charge is 0.360 e. The molecule has 0 spiro atoms. The van der Waals surface area contributed by atoms with E-state index in [2.05, 4.69) is 19.2 Å². The lowest BCUT2D eigenvalue weighted by Crippen LogP contribution is -2.49. The van der Waals surface area contributed by atoms with Crippen LogP contribution in [0, 0.1) is 0 Å². The molecular formula is C13H23N3OS. The van der Waals surface area contributed by atoms with E-state index in [-0.39, 0.29) is 17.5 Å². The first-order chi connectivity index (χ1) is 8.52. The minimum Gasteiger partial charge on any atom is -0.360 e. The van der Waals surface area contributed by atoms with Crippen LogP contribution in [-0.4, -0.2) is 46.9 Å². The number of amidine groups is 1. The number of piperidine rings is 1. The molecule has 2 heterocycles. The smallest absolute Gasteiger partial charge is 0.222 e. The van der Waals surface area contributed by atoms with Gasteiger partial charge in [-0.25, -0.2) is 0 Å². The van der Waals surface area contributed by atoms with E-state index in [0.29, 0.717) is 6.42 Å². The topological polar surface area (TPSA) is 44.7 Å². The maximum atomic E-state index is 11.4. The number of carbonyl (C=O) groups is 1. The standard InChI is InChI=1S/C13H23N3OS/c1-4-13(2)7-8-18-12(15-13)14-10-5-6-11(17)16(3)9-10/h10H,4-9H2,1-3H3,(H,14,15). The van der Waals surface area contributed by atoms with E-state index in [9.17, 15) is 4.79 Å². The van der Waals surface area contributed by atoms with Crippen LogP contribution in [0.1, 0.15) is 39.5 Å². The third-order valence-electron chi connectivity index (χ3n) is 3.98. The van der Waals surface area contributed by atoms with Gasteiger partial charge in [-0.3, -0.25) is 9.79 Å². The quantitative estimate of drug-likeness (QED) is 0.832. The molecule has 0 aliphatic carbocycles. The van der Waals surface area contributed by atoms with Crippen molar-refractivity contribution in [2.24, 2.45) is 4.99 Å². The number of thioether (sulfide) groups is 1. The minimum absolute atomic E-state index is 0.195. The molecule has 2 fully saturated rings. The Morgan fingerprint density at radius 1 is 1.61 bits per heavy atom. The Morgan fingerprint density at radius 2 is 2.39 bits per heavy atom. The van der Waals surface area contributed by atoms with E-state index < -0.39 is 0 Å². The number of hydrogen-bond donors (Lipinski definition) is 1. The molecule has 4 nitrogen and oxygen atoms in total. The number of nitrogens with zero attached hydrogens (tertiary/aromatic N) is 2. The third-order valence-corrected chi connectivity index (χ3v) is 4.87. The van der Waals surface area contributed by atoms with Crippen molar-refractivity contribution in [1.29, 1.82) is 0 Å². The van der Waals surface area contributed by atoms with Crippen LogP contribution in [0.3, 0.4) is 0 Å². The SMILES string of the molecule is CCC1(C)CCSC(=NC2CCC(=O)N(C)C2)N1. The van der Waals surface area contributed by atoms with Gasteiger partial charge in [-0.2, -0.15) is 0 Å². The lowest BCUT2D eigenvalue weighted by Gasteiger charge is -2.36. The number of likely N-dealkylation sites (N-methyl/N-ethyl adjacent to an activating group) is 1. The Morgan fingerprint density at radius 3 is 3.06 bits per heavy atom. The summed E-state index contributed by atoms with van der Waals surface area (Å²) in [6, 6.07) is 0.266. The van der Waals surface area contributed by atoms with Gasteiger partial charge in [-0.1, -0.05) is 18.7 Å². The highest BCUT2D eigenvalue weighted by Crippen LogP contribution is 2.26. The summed E-state index contributed by atoms with van der Waals surface area (Å²) in [5, 5.41) is 4.63.